The molecule has 0 heterocycles. The Morgan fingerprint density at radius 2 is 2.00 bits per heavy atom. The van der Waals surface area contributed by atoms with Crippen molar-refractivity contribution in [3.63, 3.8) is 0 Å². The maximum Gasteiger partial charge on any atom is 0.323 e. The number of carbonyl (C=O) groups is 3. The number of benzene rings is 1. The van der Waals surface area contributed by atoms with Crippen LogP contribution in [-0.2, 0) is 9.59 Å². The molecule has 1 rings (SSSR count). The van der Waals surface area contributed by atoms with Crippen LogP contribution in [0.2, 0.25) is 0 Å². The molecule has 6 nitrogen and oxygen atoms in total. The van der Waals surface area contributed by atoms with Crippen molar-refractivity contribution in [1.82, 2.24) is 4.90 Å². The number of anilines is 1. The molecule has 114 valence electrons. The number of aliphatic carboxylic acids is 1. The van der Waals surface area contributed by atoms with Crippen molar-refractivity contribution in [3.05, 3.63) is 29.6 Å². The van der Waals surface area contributed by atoms with Crippen LogP contribution >= 0.6 is 0 Å². The number of hydrogen-bond donors (Lipinski definition) is 2. The number of nitrogens with one attached hydrogen (secondary N) is 1. The second-order valence-electron chi connectivity index (χ2n) is 4.50. The minimum atomic E-state index is -1.17. The van der Waals surface area contributed by atoms with Gasteiger partial charge in [-0.05, 0) is 24.6 Å². The Balaban J connectivity index is 3.07. The quantitative estimate of drug-likeness (QED) is 0.837. The van der Waals surface area contributed by atoms with Crippen molar-refractivity contribution in [2.24, 2.45) is 0 Å². The number of carbonyl (C=O) groups excluding carboxylic acids is 2. The summed E-state index contributed by atoms with van der Waals surface area (Å²) in [4.78, 5) is 35.0. The number of carboxylic acid groups (broad SMARTS) is 1. The van der Waals surface area contributed by atoms with Crippen LogP contribution in [0.15, 0.2) is 18.2 Å². The Bertz CT molecular complexity index is 560. The van der Waals surface area contributed by atoms with E-state index < -0.39 is 24.2 Å². The molecule has 0 aliphatic heterocycles. The highest BCUT2D eigenvalue weighted by Gasteiger charge is 2.21. The lowest BCUT2D eigenvalue weighted by Gasteiger charge is -2.20. The smallest absolute Gasteiger partial charge is 0.323 e. The molecule has 0 aliphatic carbocycles. The van der Waals surface area contributed by atoms with E-state index in [1.807, 2.05) is 0 Å². The van der Waals surface area contributed by atoms with Gasteiger partial charge in [0.15, 0.2) is 0 Å². The van der Waals surface area contributed by atoms with E-state index in [-0.39, 0.29) is 23.7 Å². The summed E-state index contributed by atoms with van der Waals surface area (Å²) < 4.78 is 13.8. The van der Waals surface area contributed by atoms with Gasteiger partial charge in [-0.1, -0.05) is 6.92 Å². The van der Waals surface area contributed by atoms with E-state index in [0.717, 1.165) is 11.0 Å². The third-order valence-corrected chi connectivity index (χ3v) is 2.62. The van der Waals surface area contributed by atoms with Gasteiger partial charge < -0.3 is 15.3 Å². The first-order chi connectivity index (χ1) is 9.85. The van der Waals surface area contributed by atoms with E-state index in [9.17, 15) is 18.8 Å². The number of halogens is 1. The van der Waals surface area contributed by atoms with Gasteiger partial charge in [-0.15, -0.1) is 0 Å². The Kier molecular flexibility index (Phi) is 5.83. The summed E-state index contributed by atoms with van der Waals surface area (Å²) in [5.74, 6) is -3.00. The summed E-state index contributed by atoms with van der Waals surface area (Å²) in [6.45, 7) is 2.77. The van der Waals surface area contributed by atoms with E-state index in [4.69, 9.17) is 5.11 Å². The van der Waals surface area contributed by atoms with Crippen LogP contribution in [0, 0.1) is 5.82 Å². The first-order valence-electron chi connectivity index (χ1n) is 6.43. The topological polar surface area (TPSA) is 86.7 Å². The van der Waals surface area contributed by atoms with E-state index in [1.165, 1.54) is 19.1 Å². The molecular weight excluding hydrogens is 279 g/mol. The molecule has 0 aliphatic rings. The zero-order valence-corrected chi connectivity index (χ0v) is 11.9. The van der Waals surface area contributed by atoms with Crippen molar-refractivity contribution < 1.29 is 23.9 Å². The van der Waals surface area contributed by atoms with Crippen molar-refractivity contribution in [2.75, 3.05) is 18.4 Å². The molecule has 0 saturated carbocycles. The molecule has 1 aromatic carbocycles. The largest absolute Gasteiger partial charge is 0.480 e. The lowest BCUT2D eigenvalue weighted by atomic mass is 10.1. The van der Waals surface area contributed by atoms with Crippen molar-refractivity contribution in [1.29, 1.82) is 0 Å². The SMILES string of the molecule is CCCN(CC(=O)O)C(=O)c1cc(NC(C)=O)ccc1F. The normalized spacial score (nSPS) is 10.0. The summed E-state index contributed by atoms with van der Waals surface area (Å²) >= 11 is 0. The summed E-state index contributed by atoms with van der Waals surface area (Å²) in [5.41, 5.74) is 0.00923. The second-order valence-corrected chi connectivity index (χ2v) is 4.50. The minimum Gasteiger partial charge on any atom is -0.480 e. The summed E-state index contributed by atoms with van der Waals surface area (Å²) in [6.07, 6.45) is 0.548. The summed E-state index contributed by atoms with van der Waals surface area (Å²) in [5, 5.41) is 11.3. The molecule has 0 radical (unpaired) electrons. The van der Waals surface area contributed by atoms with Gasteiger partial charge in [0.25, 0.3) is 5.91 Å². The van der Waals surface area contributed by atoms with E-state index in [1.54, 1.807) is 6.92 Å². The number of hydrogen-bond acceptors (Lipinski definition) is 3. The van der Waals surface area contributed by atoms with Crippen LogP contribution in [0.25, 0.3) is 0 Å². The Hall–Kier alpha value is -2.44. The van der Waals surface area contributed by atoms with Crippen LogP contribution in [0.3, 0.4) is 0 Å². The Labute approximate surface area is 121 Å². The highest BCUT2D eigenvalue weighted by atomic mass is 19.1. The van der Waals surface area contributed by atoms with Gasteiger partial charge in [-0.3, -0.25) is 14.4 Å². The highest BCUT2D eigenvalue weighted by molar-refractivity contribution is 5.98. The van der Waals surface area contributed by atoms with Crippen molar-refractivity contribution in [3.8, 4) is 0 Å². The summed E-state index contributed by atoms with van der Waals surface area (Å²) in [6, 6.07) is 3.59. The number of carboxylic acids is 1. The molecule has 7 heteroatoms. The summed E-state index contributed by atoms with van der Waals surface area (Å²) in [7, 11) is 0. The maximum atomic E-state index is 13.8. The van der Waals surface area contributed by atoms with Crippen molar-refractivity contribution in [2.45, 2.75) is 20.3 Å². The first-order valence-corrected chi connectivity index (χ1v) is 6.43. The predicted octanol–water partition coefficient (Wildman–Crippen LogP) is 1.72. The predicted molar refractivity (Wildman–Crippen MR) is 74.5 cm³/mol. The van der Waals surface area contributed by atoms with Crippen LogP contribution in [-0.4, -0.2) is 40.9 Å². The van der Waals surface area contributed by atoms with Crippen molar-refractivity contribution >= 4 is 23.5 Å². The van der Waals surface area contributed by atoms with Gasteiger partial charge in [0.1, 0.15) is 12.4 Å². The number of nitrogens with zero attached hydrogens (tertiary/aromatic N) is 1. The van der Waals surface area contributed by atoms with E-state index in [2.05, 4.69) is 5.32 Å². The van der Waals surface area contributed by atoms with Crippen LogP contribution in [0.1, 0.15) is 30.6 Å². The molecule has 0 unspecified atom stereocenters. The molecule has 0 saturated heterocycles. The molecule has 2 N–H and O–H groups in total. The highest BCUT2D eigenvalue weighted by Crippen LogP contribution is 2.17. The second kappa shape index (κ2) is 7.37. The molecule has 1 aromatic rings. The molecular formula is C14H17FN2O4. The standard InChI is InChI=1S/C14H17FN2O4/c1-3-6-17(8-13(19)20)14(21)11-7-10(16-9(2)18)4-5-12(11)15/h4-5,7H,3,6,8H2,1-2H3,(H,16,18)(H,19,20). The van der Waals surface area contributed by atoms with Gasteiger partial charge in [-0.2, -0.15) is 0 Å². The zero-order chi connectivity index (χ0) is 16.0. The fourth-order valence-electron chi connectivity index (χ4n) is 1.83. The van der Waals surface area contributed by atoms with E-state index in [0.29, 0.717) is 6.42 Å². The zero-order valence-electron chi connectivity index (χ0n) is 11.9. The molecule has 21 heavy (non-hydrogen) atoms. The first kappa shape index (κ1) is 16.6. The minimum absolute atomic E-state index is 0.203. The van der Waals surface area contributed by atoms with Gasteiger partial charge >= 0.3 is 5.97 Å². The van der Waals surface area contributed by atoms with Gasteiger partial charge in [0, 0.05) is 19.2 Å². The van der Waals surface area contributed by atoms with E-state index >= 15 is 0 Å². The molecule has 2 amide bonds. The lowest BCUT2D eigenvalue weighted by Crippen LogP contribution is -2.36. The average molecular weight is 296 g/mol. The molecule has 0 bridgehead atoms. The monoisotopic (exact) mass is 296 g/mol. The van der Waals surface area contributed by atoms with Gasteiger partial charge in [0.05, 0.1) is 5.56 Å². The number of rotatable bonds is 6. The molecule has 0 aromatic heterocycles. The van der Waals surface area contributed by atoms with Crippen LogP contribution in [0.5, 0.6) is 0 Å². The fourth-order valence-corrected chi connectivity index (χ4v) is 1.83. The fraction of sp³-hybridized carbons (Fsp3) is 0.357. The number of amides is 2. The Morgan fingerprint density at radius 1 is 1.33 bits per heavy atom. The Morgan fingerprint density at radius 3 is 2.52 bits per heavy atom. The molecule has 0 fully saturated rings. The molecule has 0 atom stereocenters. The maximum absolute atomic E-state index is 13.8. The average Bonchev–Trinajstić information content (AvgIpc) is 2.38. The van der Waals surface area contributed by atoms with Gasteiger partial charge in [-0.25, -0.2) is 4.39 Å². The third kappa shape index (κ3) is 4.87. The van der Waals surface area contributed by atoms with Crippen LogP contribution in [0.4, 0.5) is 10.1 Å². The third-order valence-electron chi connectivity index (χ3n) is 2.62. The van der Waals surface area contributed by atoms with Crippen LogP contribution < -0.4 is 5.32 Å². The lowest BCUT2D eigenvalue weighted by molar-refractivity contribution is -0.137. The molecule has 0 spiro atoms. The van der Waals surface area contributed by atoms with Gasteiger partial charge in [0.2, 0.25) is 5.91 Å².